The standard InChI is InChI=1S/C11H16N2O2/c1-11(2,3)8-4-12-10(13-5-8)15-9-6-14-7-9/h4-5,9H,6-7H2,1-3H3. The lowest BCUT2D eigenvalue weighted by atomic mass is 9.89. The van der Waals surface area contributed by atoms with Crippen molar-refractivity contribution in [1.82, 2.24) is 9.97 Å². The molecular weight excluding hydrogens is 192 g/mol. The van der Waals surface area contributed by atoms with Crippen LogP contribution < -0.4 is 4.74 Å². The van der Waals surface area contributed by atoms with Gasteiger partial charge in [-0.05, 0) is 11.0 Å². The van der Waals surface area contributed by atoms with Crippen LogP contribution in [-0.4, -0.2) is 29.3 Å². The summed E-state index contributed by atoms with van der Waals surface area (Å²) in [6, 6.07) is 0.441. The van der Waals surface area contributed by atoms with E-state index in [9.17, 15) is 0 Å². The SMILES string of the molecule is CC(C)(C)c1cnc(OC2COC2)nc1. The molecule has 4 heteroatoms. The number of rotatable bonds is 2. The summed E-state index contributed by atoms with van der Waals surface area (Å²) in [5.74, 6) is 0. The number of ether oxygens (including phenoxy) is 2. The molecule has 1 aromatic rings. The molecule has 0 bridgehead atoms. The first kappa shape index (κ1) is 10.4. The van der Waals surface area contributed by atoms with Gasteiger partial charge in [-0.3, -0.25) is 0 Å². The molecule has 82 valence electrons. The highest BCUT2D eigenvalue weighted by molar-refractivity contribution is 5.16. The van der Waals surface area contributed by atoms with Gasteiger partial charge in [0.25, 0.3) is 0 Å². The molecular formula is C11H16N2O2. The Morgan fingerprint density at radius 1 is 1.27 bits per heavy atom. The van der Waals surface area contributed by atoms with E-state index in [1.807, 2.05) is 12.4 Å². The summed E-state index contributed by atoms with van der Waals surface area (Å²) >= 11 is 0. The topological polar surface area (TPSA) is 44.2 Å². The predicted molar refractivity (Wildman–Crippen MR) is 56.0 cm³/mol. The first-order chi connectivity index (χ1) is 7.05. The van der Waals surface area contributed by atoms with Crippen LogP contribution in [0.1, 0.15) is 26.3 Å². The van der Waals surface area contributed by atoms with Gasteiger partial charge in [0.05, 0.1) is 13.2 Å². The van der Waals surface area contributed by atoms with E-state index < -0.39 is 0 Å². The van der Waals surface area contributed by atoms with Crippen LogP contribution in [-0.2, 0) is 10.2 Å². The molecule has 0 saturated carbocycles. The first-order valence-corrected chi connectivity index (χ1v) is 5.12. The first-order valence-electron chi connectivity index (χ1n) is 5.12. The minimum Gasteiger partial charge on any atom is -0.455 e. The van der Waals surface area contributed by atoms with E-state index in [0.717, 1.165) is 5.56 Å². The van der Waals surface area contributed by atoms with Gasteiger partial charge in [-0.1, -0.05) is 20.8 Å². The van der Waals surface area contributed by atoms with E-state index >= 15 is 0 Å². The molecule has 0 amide bonds. The van der Waals surface area contributed by atoms with Crippen molar-refractivity contribution >= 4 is 0 Å². The van der Waals surface area contributed by atoms with Crippen molar-refractivity contribution in [2.45, 2.75) is 32.3 Å². The zero-order chi connectivity index (χ0) is 10.9. The van der Waals surface area contributed by atoms with Crippen molar-refractivity contribution in [3.05, 3.63) is 18.0 Å². The fourth-order valence-corrected chi connectivity index (χ4v) is 1.20. The van der Waals surface area contributed by atoms with Gasteiger partial charge in [-0.2, -0.15) is 0 Å². The second-order valence-electron chi connectivity index (χ2n) is 4.78. The Kier molecular flexibility index (Phi) is 2.61. The van der Waals surface area contributed by atoms with Crippen LogP contribution in [0.2, 0.25) is 0 Å². The molecule has 15 heavy (non-hydrogen) atoms. The molecule has 0 aliphatic carbocycles. The summed E-state index contributed by atoms with van der Waals surface area (Å²) in [5, 5.41) is 0. The monoisotopic (exact) mass is 208 g/mol. The molecule has 1 fully saturated rings. The van der Waals surface area contributed by atoms with Crippen molar-refractivity contribution in [1.29, 1.82) is 0 Å². The second kappa shape index (κ2) is 3.77. The van der Waals surface area contributed by atoms with Gasteiger partial charge in [0.1, 0.15) is 6.10 Å². The normalized spacial score (nSPS) is 17.3. The minimum atomic E-state index is 0.0815. The van der Waals surface area contributed by atoms with E-state index in [1.165, 1.54) is 0 Å². The average Bonchev–Trinajstić information content (AvgIpc) is 2.11. The van der Waals surface area contributed by atoms with Gasteiger partial charge < -0.3 is 9.47 Å². The molecule has 1 saturated heterocycles. The third-order valence-electron chi connectivity index (χ3n) is 2.37. The van der Waals surface area contributed by atoms with Gasteiger partial charge in [0.2, 0.25) is 0 Å². The maximum absolute atomic E-state index is 5.47. The summed E-state index contributed by atoms with van der Waals surface area (Å²) < 4.78 is 10.5. The molecule has 0 atom stereocenters. The Hall–Kier alpha value is -1.16. The smallest absolute Gasteiger partial charge is 0.316 e. The van der Waals surface area contributed by atoms with E-state index in [4.69, 9.17) is 9.47 Å². The highest BCUT2D eigenvalue weighted by Crippen LogP contribution is 2.21. The van der Waals surface area contributed by atoms with Crippen LogP contribution in [0.3, 0.4) is 0 Å². The minimum absolute atomic E-state index is 0.0815. The maximum Gasteiger partial charge on any atom is 0.316 e. The molecule has 2 rings (SSSR count). The van der Waals surface area contributed by atoms with Crippen LogP contribution in [0.25, 0.3) is 0 Å². The van der Waals surface area contributed by atoms with Gasteiger partial charge in [0.15, 0.2) is 0 Å². The predicted octanol–water partition coefficient (Wildman–Crippen LogP) is 1.55. The zero-order valence-corrected chi connectivity index (χ0v) is 9.36. The largest absolute Gasteiger partial charge is 0.455 e. The fourth-order valence-electron chi connectivity index (χ4n) is 1.20. The molecule has 0 radical (unpaired) electrons. The van der Waals surface area contributed by atoms with Gasteiger partial charge >= 0.3 is 6.01 Å². The summed E-state index contributed by atoms with van der Waals surface area (Å²) in [4.78, 5) is 8.36. The molecule has 0 N–H and O–H groups in total. The Balaban J connectivity index is 2.03. The van der Waals surface area contributed by atoms with Crippen molar-refractivity contribution in [2.75, 3.05) is 13.2 Å². The Morgan fingerprint density at radius 2 is 1.87 bits per heavy atom. The van der Waals surface area contributed by atoms with Crippen molar-refractivity contribution in [2.24, 2.45) is 0 Å². The van der Waals surface area contributed by atoms with Gasteiger partial charge in [-0.15, -0.1) is 0 Å². The lowest BCUT2D eigenvalue weighted by Gasteiger charge is -2.25. The third kappa shape index (κ3) is 2.45. The lowest BCUT2D eigenvalue weighted by Crippen LogP contribution is -2.39. The summed E-state index contributed by atoms with van der Waals surface area (Å²) in [6.07, 6.45) is 3.77. The molecule has 2 heterocycles. The number of hydrogen-bond donors (Lipinski definition) is 0. The summed E-state index contributed by atoms with van der Waals surface area (Å²) in [5.41, 5.74) is 1.19. The van der Waals surface area contributed by atoms with Crippen molar-refractivity contribution in [3.8, 4) is 6.01 Å². The molecule has 1 aromatic heterocycles. The van der Waals surface area contributed by atoms with Crippen LogP contribution in [0.5, 0.6) is 6.01 Å². The zero-order valence-electron chi connectivity index (χ0n) is 9.36. The van der Waals surface area contributed by atoms with Crippen LogP contribution in [0, 0.1) is 0 Å². The summed E-state index contributed by atoms with van der Waals surface area (Å²) in [6.45, 7) is 7.68. The third-order valence-corrected chi connectivity index (χ3v) is 2.37. The lowest BCUT2D eigenvalue weighted by molar-refractivity contribution is -0.0831. The van der Waals surface area contributed by atoms with E-state index in [2.05, 4.69) is 30.7 Å². The number of hydrogen-bond acceptors (Lipinski definition) is 4. The van der Waals surface area contributed by atoms with E-state index in [-0.39, 0.29) is 11.5 Å². The number of aromatic nitrogens is 2. The van der Waals surface area contributed by atoms with Crippen LogP contribution in [0.15, 0.2) is 12.4 Å². The molecule has 0 aromatic carbocycles. The Labute approximate surface area is 89.6 Å². The molecule has 1 aliphatic rings. The van der Waals surface area contributed by atoms with Gasteiger partial charge in [-0.25, -0.2) is 9.97 Å². The van der Waals surface area contributed by atoms with Crippen molar-refractivity contribution < 1.29 is 9.47 Å². The molecule has 1 aliphatic heterocycles. The molecule has 0 spiro atoms. The van der Waals surface area contributed by atoms with Crippen molar-refractivity contribution in [3.63, 3.8) is 0 Å². The Bertz CT molecular complexity index is 325. The summed E-state index contributed by atoms with van der Waals surface area (Å²) in [7, 11) is 0. The van der Waals surface area contributed by atoms with E-state index in [0.29, 0.717) is 19.2 Å². The second-order valence-corrected chi connectivity index (χ2v) is 4.78. The molecule has 4 nitrogen and oxygen atoms in total. The quantitative estimate of drug-likeness (QED) is 0.739. The van der Waals surface area contributed by atoms with Gasteiger partial charge in [0, 0.05) is 12.4 Å². The highest BCUT2D eigenvalue weighted by atomic mass is 16.6. The highest BCUT2D eigenvalue weighted by Gasteiger charge is 2.21. The number of nitrogens with zero attached hydrogens (tertiary/aromatic N) is 2. The van der Waals surface area contributed by atoms with Crippen LogP contribution in [0.4, 0.5) is 0 Å². The maximum atomic E-state index is 5.47. The fraction of sp³-hybridized carbons (Fsp3) is 0.636. The van der Waals surface area contributed by atoms with E-state index in [1.54, 1.807) is 0 Å². The van der Waals surface area contributed by atoms with Crippen LogP contribution >= 0.6 is 0 Å². The molecule has 0 unspecified atom stereocenters. The average molecular weight is 208 g/mol. The Morgan fingerprint density at radius 3 is 2.27 bits per heavy atom.